The Hall–Kier alpha value is -7.76. The summed E-state index contributed by atoms with van der Waals surface area (Å²) >= 11 is 0. The van der Waals surface area contributed by atoms with Crippen molar-refractivity contribution in [1.29, 1.82) is 0 Å². The number of benzene rings is 8. The van der Waals surface area contributed by atoms with E-state index in [1.807, 2.05) is 60.7 Å². The van der Waals surface area contributed by atoms with Gasteiger partial charge in [-0.3, -0.25) is 0 Å². The van der Waals surface area contributed by atoms with Gasteiger partial charge in [0.2, 0.25) is 0 Å². The SMILES string of the molecule is c1ccc(-c2nc(-c3ccccc3)nc(-c3ccccc3-c3cccc4c3c3cc5c(-c6ccccc6)nc6ccccc6c5cc3n4-c3ccccc3)n2)cc1. The molecule has 8 aromatic carbocycles. The summed E-state index contributed by atoms with van der Waals surface area (Å²) in [5.74, 6) is 1.88. The maximum atomic E-state index is 5.30. The van der Waals surface area contributed by atoms with Crippen LogP contribution in [0.2, 0.25) is 0 Å². The van der Waals surface area contributed by atoms with Crippen LogP contribution in [0.25, 0.3) is 106 Å². The highest BCUT2D eigenvalue weighted by Crippen LogP contribution is 2.44. The van der Waals surface area contributed by atoms with Crippen molar-refractivity contribution in [2.24, 2.45) is 0 Å². The number of fused-ring (bicyclic) bond motifs is 6. The fraction of sp³-hybridized carbons (Fsp3) is 0. The number of pyridine rings is 1. The maximum absolute atomic E-state index is 5.30. The van der Waals surface area contributed by atoms with E-state index >= 15 is 0 Å². The number of rotatable bonds is 6. The van der Waals surface area contributed by atoms with Gasteiger partial charge in [-0.2, -0.15) is 0 Å². The molecule has 57 heavy (non-hydrogen) atoms. The Kier molecular flexibility index (Phi) is 7.74. The predicted octanol–water partition coefficient (Wildman–Crippen LogP) is 13.0. The van der Waals surface area contributed by atoms with Crippen LogP contribution in [0, 0.1) is 0 Å². The van der Waals surface area contributed by atoms with E-state index in [9.17, 15) is 0 Å². The quantitative estimate of drug-likeness (QED) is 0.160. The molecule has 0 unspecified atom stereocenters. The Morgan fingerprint density at radius 3 is 1.54 bits per heavy atom. The lowest BCUT2D eigenvalue weighted by Crippen LogP contribution is -2.01. The van der Waals surface area contributed by atoms with E-state index in [-0.39, 0.29) is 0 Å². The first kappa shape index (κ1) is 32.7. The second-order valence-electron chi connectivity index (χ2n) is 14.2. The topological polar surface area (TPSA) is 56.5 Å². The Bertz CT molecular complexity index is 3210. The van der Waals surface area contributed by atoms with Crippen molar-refractivity contribution in [2.75, 3.05) is 0 Å². The average Bonchev–Trinajstić information content (AvgIpc) is 3.62. The van der Waals surface area contributed by atoms with Crippen LogP contribution in [0.1, 0.15) is 0 Å². The third kappa shape index (κ3) is 5.56. The molecule has 0 N–H and O–H groups in total. The molecule has 0 fully saturated rings. The number of nitrogens with zero attached hydrogens (tertiary/aromatic N) is 5. The largest absolute Gasteiger partial charge is 0.309 e. The summed E-state index contributed by atoms with van der Waals surface area (Å²) in [6, 6.07) is 69.8. The fourth-order valence-electron chi connectivity index (χ4n) is 8.25. The van der Waals surface area contributed by atoms with E-state index in [1.165, 1.54) is 5.39 Å². The number of hydrogen-bond acceptors (Lipinski definition) is 4. The van der Waals surface area contributed by atoms with Crippen LogP contribution >= 0.6 is 0 Å². The van der Waals surface area contributed by atoms with Gasteiger partial charge in [-0.05, 0) is 52.9 Å². The Balaban J connectivity index is 1.23. The monoisotopic (exact) mass is 727 g/mol. The molecule has 11 aromatic rings. The molecule has 266 valence electrons. The minimum Gasteiger partial charge on any atom is -0.309 e. The van der Waals surface area contributed by atoms with Gasteiger partial charge in [0.25, 0.3) is 0 Å². The first-order valence-corrected chi connectivity index (χ1v) is 19.2. The molecule has 0 aliphatic heterocycles. The van der Waals surface area contributed by atoms with Gasteiger partial charge < -0.3 is 4.57 Å². The Morgan fingerprint density at radius 2 is 0.860 bits per heavy atom. The van der Waals surface area contributed by atoms with Gasteiger partial charge in [-0.1, -0.05) is 164 Å². The van der Waals surface area contributed by atoms with Crippen molar-refractivity contribution in [3.8, 4) is 62.2 Å². The van der Waals surface area contributed by atoms with Crippen LogP contribution in [-0.2, 0) is 0 Å². The molecule has 0 spiro atoms. The van der Waals surface area contributed by atoms with E-state index in [1.54, 1.807) is 0 Å². The van der Waals surface area contributed by atoms with Crippen molar-refractivity contribution in [2.45, 2.75) is 0 Å². The van der Waals surface area contributed by atoms with Crippen molar-refractivity contribution in [3.63, 3.8) is 0 Å². The molecular weight excluding hydrogens is 695 g/mol. The lowest BCUT2D eigenvalue weighted by molar-refractivity contribution is 1.07. The number of para-hydroxylation sites is 2. The highest BCUT2D eigenvalue weighted by molar-refractivity contribution is 6.23. The van der Waals surface area contributed by atoms with Gasteiger partial charge in [-0.25, -0.2) is 19.9 Å². The molecule has 3 heterocycles. The van der Waals surface area contributed by atoms with Crippen LogP contribution in [0.3, 0.4) is 0 Å². The van der Waals surface area contributed by atoms with Gasteiger partial charge in [0.1, 0.15) is 0 Å². The third-order valence-electron chi connectivity index (χ3n) is 10.8. The zero-order chi connectivity index (χ0) is 37.7. The van der Waals surface area contributed by atoms with E-state index in [0.717, 1.165) is 82.9 Å². The molecule has 0 saturated carbocycles. The lowest BCUT2D eigenvalue weighted by atomic mass is 9.93. The Labute approximate surface area is 329 Å². The zero-order valence-corrected chi connectivity index (χ0v) is 30.8. The molecule has 0 aliphatic rings. The highest BCUT2D eigenvalue weighted by atomic mass is 15.0. The van der Waals surface area contributed by atoms with Gasteiger partial charge in [0.05, 0.1) is 22.2 Å². The van der Waals surface area contributed by atoms with Crippen molar-refractivity contribution in [1.82, 2.24) is 24.5 Å². The first-order chi connectivity index (χ1) is 28.3. The molecule has 0 amide bonds. The van der Waals surface area contributed by atoms with Gasteiger partial charge in [0.15, 0.2) is 17.5 Å². The lowest BCUT2D eigenvalue weighted by Gasteiger charge is -2.13. The van der Waals surface area contributed by atoms with Gasteiger partial charge in [-0.15, -0.1) is 0 Å². The fourth-order valence-corrected chi connectivity index (χ4v) is 8.25. The van der Waals surface area contributed by atoms with Crippen LogP contribution < -0.4 is 0 Å². The van der Waals surface area contributed by atoms with E-state index in [2.05, 4.69) is 144 Å². The Morgan fingerprint density at radius 1 is 0.316 bits per heavy atom. The average molecular weight is 728 g/mol. The summed E-state index contributed by atoms with van der Waals surface area (Å²) in [5.41, 5.74) is 11.3. The van der Waals surface area contributed by atoms with Crippen molar-refractivity contribution >= 4 is 43.5 Å². The van der Waals surface area contributed by atoms with Crippen LogP contribution in [0.15, 0.2) is 200 Å². The molecule has 3 aromatic heterocycles. The van der Waals surface area contributed by atoms with E-state index in [0.29, 0.717) is 17.5 Å². The molecule has 0 atom stereocenters. The second kappa shape index (κ2) is 13.5. The minimum absolute atomic E-state index is 0.620. The van der Waals surface area contributed by atoms with Crippen molar-refractivity contribution < 1.29 is 0 Å². The zero-order valence-electron chi connectivity index (χ0n) is 30.8. The van der Waals surface area contributed by atoms with Crippen LogP contribution in [0.5, 0.6) is 0 Å². The summed E-state index contributed by atoms with van der Waals surface area (Å²) in [7, 11) is 0. The first-order valence-electron chi connectivity index (χ1n) is 19.2. The molecule has 5 nitrogen and oxygen atoms in total. The van der Waals surface area contributed by atoms with E-state index < -0.39 is 0 Å². The molecule has 5 heteroatoms. The van der Waals surface area contributed by atoms with Gasteiger partial charge >= 0.3 is 0 Å². The van der Waals surface area contributed by atoms with Crippen LogP contribution in [0.4, 0.5) is 0 Å². The third-order valence-corrected chi connectivity index (χ3v) is 10.8. The number of hydrogen-bond donors (Lipinski definition) is 0. The predicted molar refractivity (Wildman–Crippen MR) is 234 cm³/mol. The number of aromatic nitrogens is 5. The molecule has 0 radical (unpaired) electrons. The summed E-state index contributed by atoms with van der Waals surface area (Å²) in [5, 5.41) is 5.70. The highest BCUT2D eigenvalue weighted by Gasteiger charge is 2.22. The molecule has 11 rings (SSSR count). The normalized spacial score (nSPS) is 11.5. The molecule has 0 saturated heterocycles. The smallest absolute Gasteiger partial charge is 0.164 e. The van der Waals surface area contributed by atoms with E-state index in [4.69, 9.17) is 19.9 Å². The second-order valence-corrected chi connectivity index (χ2v) is 14.2. The van der Waals surface area contributed by atoms with Gasteiger partial charge in [0, 0.05) is 49.5 Å². The van der Waals surface area contributed by atoms with Crippen molar-refractivity contribution in [3.05, 3.63) is 200 Å². The summed E-state index contributed by atoms with van der Waals surface area (Å²) in [4.78, 5) is 20.6. The van der Waals surface area contributed by atoms with Crippen LogP contribution in [-0.4, -0.2) is 24.5 Å². The molecular formula is C52H33N5. The maximum Gasteiger partial charge on any atom is 0.164 e. The standard InChI is InChI=1S/C52H33N5/c1-5-18-34(19-6-1)49-43-32-44-47(33-42(43)39-27-15-16-30-45(39)53-49)57(37-24-11-4-12-25-37)46-31-17-29-40(48(44)46)38-26-13-14-28-41(38)52-55-50(35-20-7-2-8-21-35)54-51(56-52)36-22-9-3-10-23-36/h1-33H. The minimum atomic E-state index is 0.620. The summed E-state index contributed by atoms with van der Waals surface area (Å²) in [6.45, 7) is 0. The molecule has 0 aliphatic carbocycles. The molecule has 0 bridgehead atoms. The summed E-state index contributed by atoms with van der Waals surface area (Å²) in [6.07, 6.45) is 0. The summed E-state index contributed by atoms with van der Waals surface area (Å²) < 4.78 is 2.40.